The van der Waals surface area contributed by atoms with Crippen LogP contribution in [0.15, 0.2) is 24.3 Å². The molecule has 0 spiro atoms. The third-order valence-corrected chi connectivity index (χ3v) is 2.56. The Morgan fingerprint density at radius 3 is 2.76 bits per heavy atom. The fourth-order valence-electron chi connectivity index (χ4n) is 1.27. The molecule has 1 aromatic carbocycles. The first-order valence-corrected chi connectivity index (χ1v) is 5.40. The molecule has 0 heterocycles. The molecule has 2 N–H and O–H groups in total. The topological polar surface area (TPSA) is 52.6 Å². The first kappa shape index (κ1) is 13.6. The summed E-state index contributed by atoms with van der Waals surface area (Å²) in [5.41, 5.74) is 0.169. The number of likely N-dealkylation sites (N-methyl/N-ethyl adjacent to an activating group) is 1. The predicted octanol–water partition coefficient (Wildman–Crippen LogP) is 1.08. The lowest BCUT2D eigenvalue weighted by molar-refractivity contribution is -0.117. The maximum absolute atomic E-state index is 13.2. The summed E-state index contributed by atoms with van der Waals surface area (Å²) in [5, 5.41) is 11.4. The van der Waals surface area contributed by atoms with Crippen molar-refractivity contribution in [1.82, 2.24) is 4.90 Å². The molecule has 0 fully saturated rings. The second-order valence-corrected chi connectivity index (χ2v) is 3.97. The van der Waals surface area contributed by atoms with Crippen molar-refractivity contribution in [3.05, 3.63) is 30.1 Å². The summed E-state index contributed by atoms with van der Waals surface area (Å²) < 4.78 is 13.2. The molecule has 17 heavy (non-hydrogen) atoms. The summed E-state index contributed by atoms with van der Waals surface area (Å²) in [6.45, 7) is 1.88. The number of aliphatic hydroxyl groups excluding tert-OH is 1. The van der Waals surface area contributed by atoms with Crippen LogP contribution in [0.25, 0.3) is 0 Å². The van der Waals surface area contributed by atoms with Gasteiger partial charge in [-0.05, 0) is 26.1 Å². The lowest BCUT2D eigenvalue weighted by atomic mass is 10.3. The molecule has 1 rings (SSSR count). The van der Waals surface area contributed by atoms with Crippen LogP contribution >= 0.6 is 0 Å². The summed E-state index contributed by atoms with van der Waals surface area (Å²) >= 11 is 0. The van der Waals surface area contributed by atoms with Gasteiger partial charge in [-0.15, -0.1) is 0 Å². The maximum atomic E-state index is 13.2. The molecule has 94 valence electrons. The molecule has 0 aliphatic rings. The second kappa shape index (κ2) is 6.32. The van der Waals surface area contributed by atoms with E-state index in [0.29, 0.717) is 0 Å². The van der Waals surface area contributed by atoms with E-state index in [2.05, 4.69) is 5.32 Å². The van der Waals surface area contributed by atoms with E-state index in [1.54, 1.807) is 31.0 Å². The largest absolute Gasteiger partial charge is 0.395 e. The van der Waals surface area contributed by atoms with Crippen LogP contribution in [-0.2, 0) is 4.79 Å². The average molecular weight is 240 g/mol. The normalized spacial score (nSPS) is 12.5. The van der Waals surface area contributed by atoms with Gasteiger partial charge >= 0.3 is 0 Å². The summed E-state index contributed by atoms with van der Waals surface area (Å²) in [4.78, 5) is 13.3. The molecule has 1 unspecified atom stereocenters. The van der Waals surface area contributed by atoms with Crippen molar-refractivity contribution in [3.63, 3.8) is 0 Å². The van der Waals surface area contributed by atoms with Crippen LogP contribution in [-0.4, -0.2) is 42.2 Å². The molecule has 0 bridgehead atoms. The molecule has 0 aliphatic carbocycles. The van der Waals surface area contributed by atoms with Gasteiger partial charge in [0, 0.05) is 6.04 Å². The fraction of sp³-hybridized carbons (Fsp3) is 0.417. The monoisotopic (exact) mass is 240 g/mol. The SMILES string of the molecule is CC(CO)N(C)CC(=O)Nc1ccccc1F. The zero-order chi connectivity index (χ0) is 12.8. The first-order chi connectivity index (χ1) is 8.04. The number of amides is 1. The first-order valence-electron chi connectivity index (χ1n) is 5.40. The zero-order valence-corrected chi connectivity index (χ0v) is 9.98. The molecule has 0 radical (unpaired) electrons. The standard InChI is InChI=1S/C12H17FN2O2/c1-9(8-16)15(2)7-12(17)14-11-6-4-3-5-10(11)13/h3-6,9,16H,7-8H2,1-2H3,(H,14,17). The number of anilines is 1. The Labute approximate surface area is 100 Å². The van der Waals surface area contributed by atoms with Gasteiger partial charge in [0.05, 0.1) is 18.8 Å². The molecule has 1 amide bonds. The molecule has 1 atom stereocenters. The van der Waals surface area contributed by atoms with Gasteiger partial charge in [0.15, 0.2) is 0 Å². The van der Waals surface area contributed by atoms with Crippen LogP contribution in [0.3, 0.4) is 0 Å². The van der Waals surface area contributed by atoms with Crippen LogP contribution in [0.5, 0.6) is 0 Å². The average Bonchev–Trinajstić information content (AvgIpc) is 2.31. The van der Waals surface area contributed by atoms with E-state index in [0.717, 1.165) is 0 Å². The van der Waals surface area contributed by atoms with E-state index < -0.39 is 5.82 Å². The lowest BCUT2D eigenvalue weighted by Crippen LogP contribution is -2.38. The fourth-order valence-corrected chi connectivity index (χ4v) is 1.27. The number of para-hydroxylation sites is 1. The molecule has 0 saturated heterocycles. The molecule has 0 aliphatic heterocycles. The Morgan fingerprint density at radius 1 is 1.53 bits per heavy atom. The summed E-state index contributed by atoms with van der Waals surface area (Å²) in [5.74, 6) is -0.767. The summed E-state index contributed by atoms with van der Waals surface area (Å²) in [6, 6.07) is 5.89. The number of hydrogen-bond acceptors (Lipinski definition) is 3. The molecule has 0 saturated carbocycles. The minimum absolute atomic E-state index is 0.0243. The maximum Gasteiger partial charge on any atom is 0.238 e. The number of rotatable bonds is 5. The molecular formula is C12H17FN2O2. The van der Waals surface area contributed by atoms with Crippen LogP contribution in [0.1, 0.15) is 6.92 Å². The van der Waals surface area contributed by atoms with Gasteiger partial charge in [0.1, 0.15) is 5.82 Å². The van der Waals surface area contributed by atoms with Gasteiger partial charge < -0.3 is 10.4 Å². The Balaban J connectivity index is 2.53. The van der Waals surface area contributed by atoms with E-state index in [9.17, 15) is 9.18 Å². The van der Waals surface area contributed by atoms with Crippen molar-refractivity contribution in [2.45, 2.75) is 13.0 Å². The van der Waals surface area contributed by atoms with E-state index >= 15 is 0 Å². The highest BCUT2D eigenvalue weighted by molar-refractivity contribution is 5.92. The minimum atomic E-state index is -0.460. The summed E-state index contributed by atoms with van der Waals surface area (Å²) in [6.07, 6.45) is 0. The smallest absolute Gasteiger partial charge is 0.238 e. The number of nitrogens with one attached hydrogen (secondary N) is 1. The van der Waals surface area contributed by atoms with Crippen LogP contribution in [0.2, 0.25) is 0 Å². The molecular weight excluding hydrogens is 223 g/mol. The predicted molar refractivity (Wildman–Crippen MR) is 64.2 cm³/mol. The van der Waals surface area contributed by atoms with E-state index in [4.69, 9.17) is 5.11 Å². The third kappa shape index (κ3) is 4.13. The molecule has 5 heteroatoms. The third-order valence-electron chi connectivity index (χ3n) is 2.56. The van der Waals surface area contributed by atoms with Crippen molar-refractivity contribution < 1.29 is 14.3 Å². The Bertz CT molecular complexity index is 385. The number of benzene rings is 1. The van der Waals surface area contributed by atoms with E-state index in [1.165, 1.54) is 12.1 Å². The van der Waals surface area contributed by atoms with Gasteiger partial charge in [0.25, 0.3) is 0 Å². The highest BCUT2D eigenvalue weighted by atomic mass is 19.1. The van der Waals surface area contributed by atoms with Crippen molar-refractivity contribution in [2.24, 2.45) is 0 Å². The highest BCUT2D eigenvalue weighted by Gasteiger charge is 2.13. The number of halogens is 1. The van der Waals surface area contributed by atoms with Crippen LogP contribution in [0, 0.1) is 5.82 Å². The Kier molecular flexibility index (Phi) is 5.06. The Hall–Kier alpha value is -1.46. The zero-order valence-electron chi connectivity index (χ0n) is 9.98. The van der Waals surface area contributed by atoms with E-state index in [-0.39, 0.29) is 30.8 Å². The quantitative estimate of drug-likeness (QED) is 0.809. The number of carbonyl (C=O) groups is 1. The lowest BCUT2D eigenvalue weighted by Gasteiger charge is -2.21. The number of aliphatic hydroxyl groups is 1. The van der Waals surface area contributed by atoms with Gasteiger partial charge in [0.2, 0.25) is 5.91 Å². The number of hydrogen-bond donors (Lipinski definition) is 2. The van der Waals surface area contributed by atoms with E-state index in [1.807, 2.05) is 0 Å². The van der Waals surface area contributed by atoms with Crippen molar-refractivity contribution >= 4 is 11.6 Å². The van der Waals surface area contributed by atoms with Gasteiger partial charge in [-0.2, -0.15) is 0 Å². The molecule has 4 nitrogen and oxygen atoms in total. The highest BCUT2D eigenvalue weighted by Crippen LogP contribution is 2.12. The Morgan fingerprint density at radius 2 is 2.18 bits per heavy atom. The van der Waals surface area contributed by atoms with Crippen molar-refractivity contribution in [2.75, 3.05) is 25.5 Å². The number of carbonyl (C=O) groups excluding carboxylic acids is 1. The van der Waals surface area contributed by atoms with Gasteiger partial charge in [-0.3, -0.25) is 9.69 Å². The molecule has 0 aromatic heterocycles. The van der Waals surface area contributed by atoms with Crippen LogP contribution in [0.4, 0.5) is 10.1 Å². The molecule has 1 aromatic rings. The summed E-state index contributed by atoms with van der Waals surface area (Å²) in [7, 11) is 1.72. The second-order valence-electron chi connectivity index (χ2n) is 3.97. The van der Waals surface area contributed by atoms with Gasteiger partial charge in [-0.25, -0.2) is 4.39 Å². The van der Waals surface area contributed by atoms with Crippen molar-refractivity contribution in [1.29, 1.82) is 0 Å². The number of nitrogens with zero attached hydrogens (tertiary/aromatic N) is 1. The van der Waals surface area contributed by atoms with Crippen LogP contribution < -0.4 is 5.32 Å². The van der Waals surface area contributed by atoms with Crippen molar-refractivity contribution in [3.8, 4) is 0 Å². The minimum Gasteiger partial charge on any atom is -0.395 e. The van der Waals surface area contributed by atoms with Gasteiger partial charge in [-0.1, -0.05) is 12.1 Å².